The van der Waals surface area contributed by atoms with Gasteiger partial charge >= 0.3 is 0 Å². The molecule has 0 unspecified atom stereocenters. The van der Waals surface area contributed by atoms with Gasteiger partial charge in [0.2, 0.25) is 0 Å². The molecule has 0 radical (unpaired) electrons. The zero-order valence-corrected chi connectivity index (χ0v) is 11.2. The fourth-order valence-corrected chi connectivity index (χ4v) is 2.81. The molecule has 2 rings (SSSR count). The molecule has 0 saturated carbocycles. The van der Waals surface area contributed by atoms with Crippen LogP contribution >= 0.6 is 0 Å². The van der Waals surface area contributed by atoms with Crippen LogP contribution in [0.4, 0.5) is 0 Å². The quantitative estimate of drug-likeness (QED) is 0.671. The van der Waals surface area contributed by atoms with Gasteiger partial charge in [0.05, 0.1) is 0 Å². The summed E-state index contributed by atoms with van der Waals surface area (Å²) in [5.74, 6) is 0. The summed E-state index contributed by atoms with van der Waals surface area (Å²) < 4.78 is 0. The highest BCUT2D eigenvalue weighted by Gasteiger charge is 2.19. The maximum atomic E-state index is 2.44. The second-order valence-corrected chi connectivity index (χ2v) is 5.12. The third-order valence-corrected chi connectivity index (χ3v) is 4.19. The van der Waals surface area contributed by atoms with Crippen molar-refractivity contribution >= 4 is 6.08 Å². The topological polar surface area (TPSA) is 0 Å². The first-order chi connectivity index (χ1) is 7.56. The lowest BCUT2D eigenvalue weighted by molar-refractivity contribution is 0.884. The van der Waals surface area contributed by atoms with Gasteiger partial charge in [-0.15, -0.1) is 0 Å². The zero-order chi connectivity index (χ0) is 11.9. The van der Waals surface area contributed by atoms with Gasteiger partial charge in [0, 0.05) is 0 Å². The monoisotopic (exact) mass is 214 g/mol. The molecule has 0 N–H and O–H groups in total. The highest BCUT2D eigenvalue weighted by molar-refractivity contribution is 5.70. The number of fused-ring (bicyclic) bond motifs is 1. The Kier molecular flexibility index (Phi) is 2.92. The number of benzene rings is 1. The first-order valence-corrected chi connectivity index (χ1v) is 6.35. The Bertz CT molecular complexity index is 462. The van der Waals surface area contributed by atoms with Crippen LogP contribution in [-0.2, 0) is 6.42 Å². The fourth-order valence-electron chi connectivity index (χ4n) is 2.81. The van der Waals surface area contributed by atoms with Gasteiger partial charge in [-0.2, -0.15) is 0 Å². The molecule has 0 atom stereocenters. The Morgan fingerprint density at radius 2 is 1.56 bits per heavy atom. The summed E-state index contributed by atoms with van der Waals surface area (Å²) in [6.07, 6.45) is 6.14. The third kappa shape index (κ3) is 1.61. The Balaban J connectivity index is 2.54. The molecule has 0 spiro atoms. The molecule has 0 nitrogen and oxygen atoms in total. The molecule has 0 fully saturated rings. The summed E-state index contributed by atoms with van der Waals surface area (Å²) in [5.41, 5.74) is 10.7. The normalized spacial score (nSPS) is 13.9. The molecule has 1 aliphatic rings. The van der Waals surface area contributed by atoms with Crippen LogP contribution in [0.15, 0.2) is 5.57 Å². The van der Waals surface area contributed by atoms with Gasteiger partial charge in [0.15, 0.2) is 0 Å². The Hall–Kier alpha value is -1.04. The average molecular weight is 214 g/mol. The molecule has 1 aliphatic carbocycles. The molecule has 1 aromatic rings. The summed E-state index contributed by atoms with van der Waals surface area (Å²) in [5, 5.41) is 0. The van der Waals surface area contributed by atoms with E-state index in [1.807, 2.05) is 0 Å². The summed E-state index contributed by atoms with van der Waals surface area (Å²) in [6, 6.07) is 0. The molecule has 0 saturated heterocycles. The van der Waals surface area contributed by atoms with Crippen molar-refractivity contribution in [1.82, 2.24) is 0 Å². The van der Waals surface area contributed by atoms with Gasteiger partial charge in [0.1, 0.15) is 0 Å². The highest BCUT2D eigenvalue weighted by Crippen LogP contribution is 2.35. The van der Waals surface area contributed by atoms with Crippen molar-refractivity contribution in [2.45, 2.75) is 53.9 Å². The minimum atomic E-state index is 1.19. The number of allylic oxidation sites excluding steroid dienone is 1. The maximum Gasteiger partial charge on any atom is -0.00550 e. The van der Waals surface area contributed by atoms with Crippen molar-refractivity contribution in [3.8, 4) is 0 Å². The van der Waals surface area contributed by atoms with E-state index >= 15 is 0 Å². The standard InChI is InChI=1S/C16H22/c1-6-7-14-8-15-12(4)10(2)11(3)13(5)16(15)9-14/h8H,6-7,9H2,1-5H3. The molecule has 0 aliphatic heterocycles. The Morgan fingerprint density at radius 3 is 2.19 bits per heavy atom. The molecular formula is C16H22. The minimum absolute atomic E-state index is 1.19. The lowest BCUT2D eigenvalue weighted by Crippen LogP contribution is -1.99. The molecule has 86 valence electrons. The lowest BCUT2D eigenvalue weighted by Gasteiger charge is -2.15. The van der Waals surface area contributed by atoms with Gasteiger partial charge in [-0.05, 0) is 73.9 Å². The zero-order valence-electron chi connectivity index (χ0n) is 11.2. The fraction of sp³-hybridized carbons (Fsp3) is 0.500. The van der Waals surface area contributed by atoms with Crippen LogP contribution in [0.3, 0.4) is 0 Å². The van der Waals surface area contributed by atoms with Crippen LogP contribution in [0.25, 0.3) is 6.08 Å². The molecule has 0 aromatic heterocycles. The van der Waals surface area contributed by atoms with Crippen LogP contribution in [0, 0.1) is 27.7 Å². The van der Waals surface area contributed by atoms with Crippen molar-refractivity contribution in [2.75, 3.05) is 0 Å². The van der Waals surface area contributed by atoms with Crippen molar-refractivity contribution in [2.24, 2.45) is 0 Å². The molecule has 16 heavy (non-hydrogen) atoms. The molecule has 0 amide bonds. The van der Waals surface area contributed by atoms with Gasteiger partial charge in [-0.1, -0.05) is 25.0 Å². The van der Waals surface area contributed by atoms with E-state index in [0.29, 0.717) is 0 Å². The first kappa shape index (κ1) is 11.4. The SMILES string of the molecule is CCCC1=Cc2c(C)c(C)c(C)c(C)c2C1. The van der Waals surface area contributed by atoms with Gasteiger partial charge in [-0.3, -0.25) is 0 Å². The summed E-state index contributed by atoms with van der Waals surface area (Å²) >= 11 is 0. The van der Waals surface area contributed by atoms with Gasteiger partial charge in [-0.25, -0.2) is 0 Å². The van der Waals surface area contributed by atoms with Crippen LogP contribution in [0.2, 0.25) is 0 Å². The lowest BCUT2D eigenvalue weighted by atomic mass is 9.90. The van der Waals surface area contributed by atoms with Crippen LogP contribution in [-0.4, -0.2) is 0 Å². The van der Waals surface area contributed by atoms with E-state index in [1.54, 1.807) is 11.1 Å². The van der Waals surface area contributed by atoms with Crippen molar-refractivity contribution in [1.29, 1.82) is 0 Å². The second-order valence-electron chi connectivity index (χ2n) is 5.12. The average Bonchev–Trinajstić information content (AvgIpc) is 2.68. The summed E-state index contributed by atoms with van der Waals surface area (Å²) in [4.78, 5) is 0. The van der Waals surface area contributed by atoms with Crippen LogP contribution < -0.4 is 0 Å². The van der Waals surface area contributed by atoms with Crippen molar-refractivity contribution in [3.05, 3.63) is 39.0 Å². The van der Waals surface area contributed by atoms with Crippen LogP contribution in [0.5, 0.6) is 0 Å². The predicted molar refractivity (Wildman–Crippen MR) is 72.0 cm³/mol. The number of hydrogen-bond donors (Lipinski definition) is 0. The van der Waals surface area contributed by atoms with Crippen LogP contribution in [0.1, 0.15) is 53.1 Å². The summed E-state index contributed by atoms with van der Waals surface area (Å²) in [6.45, 7) is 11.3. The van der Waals surface area contributed by atoms with E-state index in [9.17, 15) is 0 Å². The van der Waals surface area contributed by atoms with E-state index in [0.717, 1.165) is 0 Å². The third-order valence-electron chi connectivity index (χ3n) is 4.19. The highest BCUT2D eigenvalue weighted by atomic mass is 14.2. The van der Waals surface area contributed by atoms with E-state index in [-0.39, 0.29) is 0 Å². The second kappa shape index (κ2) is 4.08. The van der Waals surface area contributed by atoms with E-state index < -0.39 is 0 Å². The van der Waals surface area contributed by atoms with Crippen molar-refractivity contribution < 1.29 is 0 Å². The smallest absolute Gasteiger partial charge is 0.00550 e. The Labute approximate surface area is 99.4 Å². The van der Waals surface area contributed by atoms with E-state index in [2.05, 4.69) is 40.7 Å². The molecule has 0 heterocycles. The first-order valence-electron chi connectivity index (χ1n) is 6.35. The van der Waals surface area contributed by atoms with Gasteiger partial charge in [0.25, 0.3) is 0 Å². The van der Waals surface area contributed by atoms with E-state index in [1.165, 1.54) is 47.1 Å². The van der Waals surface area contributed by atoms with E-state index in [4.69, 9.17) is 0 Å². The molecule has 0 heteroatoms. The summed E-state index contributed by atoms with van der Waals surface area (Å²) in [7, 11) is 0. The molecule has 0 bridgehead atoms. The Morgan fingerprint density at radius 1 is 0.938 bits per heavy atom. The van der Waals surface area contributed by atoms with Gasteiger partial charge < -0.3 is 0 Å². The number of rotatable bonds is 2. The predicted octanol–water partition coefficient (Wildman–Crippen LogP) is 4.66. The number of hydrogen-bond acceptors (Lipinski definition) is 0. The largest absolute Gasteiger partial charge is 0.0652 e. The minimum Gasteiger partial charge on any atom is -0.0652 e. The molecule has 1 aromatic carbocycles. The maximum absolute atomic E-state index is 2.44. The molecular weight excluding hydrogens is 192 g/mol. The van der Waals surface area contributed by atoms with Crippen molar-refractivity contribution in [3.63, 3.8) is 0 Å².